The first-order chi connectivity index (χ1) is 13.9. The molecule has 3 heterocycles. The van der Waals surface area contributed by atoms with Gasteiger partial charge in [-0.05, 0) is 11.1 Å². The first kappa shape index (κ1) is 16.6. The molecule has 0 aliphatic carbocycles. The number of rotatable bonds is 6. The molecule has 5 rings (SSSR count). The van der Waals surface area contributed by atoms with Crippen LogP contribution in [0.2, 0.25) is 0 Å². The first-order valence-electron chi connectivity index (χ1n) is 9.31. The highest BCUT2D eigenvalue weighted by Gasteiger charge is 2.14. The molecule has 0 aliphatic rings. The van der Waals surface area contributed by atoms with Gasteiger partial charge in [0.25, 0.3) is 0 Å². The van der Waals surface area contributed by atoms with Gasteiger partial charge in [0.2, 0.25) is 0 Å². The second-order valence-electron chi connectivity index (χ2n) is 6.91. The zero-order valence-electron chi connectivity index (χ0n) is 15.4. The smallest absolute Gasteiger partial charge is 0.182 e. The summed E-state index contributed by atoms with van der Waals surface area (Å²) in [4.78, 5) is 18.8. The highest BCUT2D eigenvalue weighted by Crippen LogP contribution is 2.18. The minimum Gasteiger partial charge on any atom is -0.340 e. The van der Waals surface area contributed by atoms with Gasteiger partial charge in [0.1, 0.15) is 11.8 Å². The van der Waals surface area contributed by atoms with Crippen LogP contribution in [0.3, 0.4) is 0 Å². The Kier molecular flexibility index (Phi) is 4.31. The van der Waals surface area contributed by atoms with E-state index in [0.29, 0.717) is 5.65 Å². The van der Waals surface area contributed by atoms with Gasteiger partial charge in [0, 0.05) is 19.6 Å². The number of aromatic amines is 1. The SMILES string of the molecule is c1ccc(CN(Cc2ccccc2)Cc2cnc3c4[nH]cnc4ncn23)cc1. The summed E-state index contributed by atoms with van der Waals surface area (Å²) >= 11 is 0. The van der Waals surface area contributed by atoms with E-state index in [2.05, 4.69) is 85.5 Å². The lowest BCUT2D eigenvalue weighted by Crippen LogP contribution is -2.23. The summed E-state index contributed by atoms with van der Waals surface area (Å²) in [6.07, 6.45) is 5.40. The van der Waals surface area contributed by atoms with Gasteiger partial charge in [-0.1, -0.05) is 60.7 Å². The van der Waals surface area contributed by atoms with Crippen molar-refractivity contribution in [1.82, 2.24) is 29.2 Å². The molecule has 0 spiro atoms. The fraction of sp³-hybridized carbons (Fsp3) is 0.136. The molecular weight excluding hydrogens is 348 g/mol. The molecule has 5 aromatic rings. The van der Waals surface area contributed by atoms with Crippen molar-refractivity contribution in [2.75, 3.05) is 0 Å². The number of imidazole rings is 2. The Morgan fingerprint density at radius 2 is 1.46 bits per heavy atom. The van der Waals surface area contributed by atoms with Crippen LogP contribution in [0.15, 0.2) is 79.5 Å². The highest BCUT2D eigenvalue weighted by atomic mass is 15.2. The van der Waals surface area contributed by atoms with Crippen molar-refractivity contribution in [3.63, 3.8) is 0 Å². The normalized spacial score (nSPS) is 11.6. The third-order valence-corrected chi connectivity index (χ3v) is 4.90. The number of hydrogen-bond acceptors (Lipinski definition) is 4. The minimum atomic E-state index is 0.690. The lowest BCUT2D eigenvalue weighted by Gasteiger charge is -2.22. The van der Waals surface area contributed by atoms with Crippen LogP contribution in [-0.2, 0) is 19.6 Å². The minimum absolute atomic E-state index is 0.690. The third-order valence-electron chi connectivity index (χ3n) is 4.90. The van der Waals surface area contributed by atoms with Crippen molar-refractivity contribution < 1.29 is 0 Å². The molecule has 28 heavy (non-hydrogen) atoms. The van der Waals surface area contributed by atoms with Crippen molar-refractivity contribution >= 4 is 16.8 Å². The zero-order chi connectivity index (χ0) is 18.8. The summed E-state index contributed by atoms with van der Waals surface area (Å²) in [5.74, 6) is 0. The van der Waals surface area contributed by atoms with Crippen molar-refractivity contribution in [1.29, 1.82) is 0 Å². The highest BCUT2D eigenvalue weighted by molar-refractivity contribution is 5.84. The number of nitrogens with zero attached hydrogens (tertiary/aromatic N) is 5. The number of H-pyrrole nitrogens is 1. The predicted octanol–water partition coefficient (Wildman–Crippen LogP) is 3.81. The number of hydrogen-bond donors (Lipinski definition) is 1. The Morgan fingerprint density at radius 3 is 2.14 bits per heavy atom. The number of fused-ring (bicyclic) bond motifs is 3. The van der Waals surface area contributed by atoms with Gasteiger partial charge >= 0.3 is 0 Å². The molecule has 6 nitrogen and oxygen atoms in total. The molecule has 6 heteroatoms. The predicted molar refractivity (Wildman–Crippen MR) is 108 cm³/mol. The van der Waals surface area contributed by atoms with Crippen LogP contribution in [0.1, 0.15) is 16.8 Å². The molecule has 0 amide bonds. The molecule has 0 saturated heterocycles. The van der Waals surface area contributed by atoms with Gasteiger partial charge in [-0.15, -0.1) is 0 Å². The van der Waals surface area contributed by atoms with E-state index in [-0.39, 0.29) is 0 Å². The molecule has 0 radical (unpaired) electrons. The van der Waals surface area contributed by atoms with Crippen molar-refractivity contribution in [3.8, 4) is 0 Å². The van der Waals surface area contributed by atoms with E-state index in [1.54, 1.807) is 6.33 Å². The van der Waals surface area contributed by atoms with E-state index < -0.39 is 0 Å². The van der Waals surface area contributed by atoms with Gasteiger partial charge in [-0.3, -0.25) is 9.30 Å². The molecule has 0 bridgehead atoms. The van der Waals surface area contributed by atoms with E-state index >= 15 is 0 Å². The Morgan fingerprint density at radius 1 is 0.786 bits per heavy atom. The molecule has 0 aliphatic heterocycles. The van der Waals surface area contributed by atoms with Crippen LogP contribution in [0.25, 0.3) is 16.8 Å². The summed E-state index contributed by atoms with van der Waals surface area (Å²) in [6.45, 7) is 2.50. The van der Waals surface area contributed by atoms with E-state index in [9.17, 15) is 0 Å². The van der Waals surface area contributed by atoms with E-state index in [4.69, 9.17) is 0 Å². The average Bonchev–Trinajstić information content (AvgIpc) is 3.36. The summed E-state index contributed by atoms with van der Waals surface area (Å²) < 4.78 is 2.05. The van der Waals surface area contributed by atoms with Gasteiger partial charge in [0.05, 0.1) is 18.2 Å². The van der Waals surface area contributed by atoms with Crippen LogP contribution in [0.5, 0.6) is 0 Å². The molecule has 138 valence electrons. The molecular formula is C22H20N6. The van der Waals surface area contributed by atoms with Gasteiger partial charge in [-0.2, -0.15) is 0 Å². The van der Waals surface area contributed by atoms with Crippen LogP contribution in [-0.4, -0.2) is 29.2 Å². The number of benzene rings is 2. The maximum atomic E-state index is 4.61. The molecule has 2 aromatic carbocycles. The quantitative estimate of drug-likeness (QED) is 0.495. The lowest BCUT2D eigenvalue weighted by molar-refractivity contribution is 0.244. The number of aromatic nitrogens is 5. The topological polar surface area (TPSA) is 62.1 Å². The maximum absolute atomic E-state index is 4.61. The monoisotopic (exact) mass is 368 g/mol. The Labute approximate surface area is 162 Å². The van der Waals surface area contributed by atoms with Crippen LogP contribution >= 0.6 is 0 Å². The molecule has 1 N–H and O–H groups in total. The molecule has 0 atom stereocenters. The summed E-state index contributed by atoms with van der Waals surface area (Å²) in [5, 5.41) is 0. The lowest BCUT2D eigenvalue weighted by atomic mass is 10.1. The standard InChI is InChI=1S/C22H20N6/c1-3-7-17(8-4-1)12-27(13-18-9-5-2-6-10-18)14-19-11-23-22-20-21(25-15-24-20)26-16-28(19)22/h1-11,15-16H,12-14H2,(H,24,25). The van der Waals surface area contributed by atoms with Gasteiger partial charge < -0.3 is 4.98 Å². The molecule has 0 saturated carbocycles. The van der Waals surface area contributed by atoms with Gasteiger partial charge in [0.15, 0.2) is 11.3 Å². The average molecular weight is 368 g/mol. The van der Waals surface area contributed by atoms with E-state index in [1.165, 1.54) is 11.1 Å². The zero-order valence-corrected chi connectivity index (χ0v) is 15.4. The van der Waals surface area contributed by atoms with E-state index in [1.807, 2.05) is 16.9 Å². The summed E-state index contributed by atoms with van der Waals surface area (Å²) in [7, 11) is 0. The van der Waals surface area contributed by atoms with Crippen LogP contribution < -0.4 is 0 Å². The van der Waals surface area contributed by atoms with Gasteiger partial charge in [-0.25, -0.2) is 15.0 Å². The fourth-order valence-electron chi connectivity index (χ4n) is 3.57. The largest absolute Gasteiger partial charge is 0.340 e. The Bertz CT molecular complexity index is 1150. The number of nitrogens with one attached hydrogen (secondary N) is 1. The van der Waals surface area contributed by atoms with Crippen LogP contribution in [0.4, 0.5) is 0 Å². The molecule has 0 fully saturated rings. The van der Waals surface area contributed by atoms with E-state index in [0.717, 1.165) is 36.5 Å². The maximum Gasteiger partial charge on any atom is 0.182 e. The first-order valence-corrected chi connectivity index (χ1v) is 9.31. The Balaban J connectivity index is 1.47. The molecule has 0 unspecified atom stereocenters. The van der Waals surface area contributed by atoms with Crippen molar-refractivity contribution in [3.05, 3.63) is 96.3 Å². The summed E-state index contributed by atoms with van der Waals surface area (Å²) in [5.41, 5.74) is 6.10. The fourth-order valence-corrected chi connectivity index (χ4v) is 3.57. The second kappa shape index (κ2) is 7.25. The summed E-state index contributed by atoms with van der Waals surface area (Å²) in [6, 6.07) is 21.1. The van der Waals surface area contributed by atoms with Crippen molar-refractivity contribution in [2.45, 2.75) is 19.6 Å². The molecule has 3 aromatic heterocycles. The van der Waals surface area contributed by atoms with Crippen molar-refractivity contribution in [2.24, 2.45) is 0 Å². The Hall–Kier alpha value is -3.51. The van der Waals surface area contributed by atoms with Crippen LogP contribution in [0, 0.1) is 0 Å². The second-order valence-corrected chi connectivity index (χ2v) is 6.91. The third kappa shape index (κ3) is 3.25.